The minimum absolute atomic E-state index is 0.284. The van der Waals surface area contributed by atoms with Crippen molar-refractivity contribution in [3.63, 3.8) is 0 Å². The molecule has 5 nitrogen and oxygen atoms in total. The van der Waals surface area contributed by atoms with Crippen molar-refractivity contribution in [2.75, 3.05) is 12.4 Å². The van der Waals surface area contributed by atoms with Gasteiger partial charge in [-0.05, 0) is 50.4 Å². The average Bonchev–Trinajstić information content (AvgIpc) is 3.20. The Hall–Kier alpha value is -1.76. The zero-order chi connectivity index (χ0) is 17.0. The van der Waals surface area contributed by atoms with Crippen LogP contribution >= 0.6 is 11.3 Å². The summed E-state index contributed by atoms with van der Waals surface area (Å²) in [6.45, 7) is 1.56. The molecule has 1 saturated carbocycles. The SMILES string of the molecule is CN(Cc1cccc(NC(=O)C2(O)CCCC2)c1)Cc1cscn1. The van der Waals surface area contributed by atoms with Crippen LogP contribution in [0.25, 0.3) is 0 Å². The number of hydrogen-bond acceptors (Lipinski definition) is 5. The third-order valence-electron chi connectivity index (χ3n) is 4.41. The van der Waals surface area contributed by atoms with Gasteiger partial charge < -0.3 is 10.4 Å². The zero-order valence-electron chi connectivity index (χ0n) is 13.9. The lowest BCUT2D eigenvalue weighted by atomic mass is 10.0. The first kappa shape index (κ1) is 17.1. The number of rotatable bonds is 6. The molecule has 1 heterocycles. The van der Waals surface area contributed by atoms with Crippen LogP contribution in [0.2, 0.25) is 0 Å². The van der Waals surface area contributed by atoms with Crippen molar-refractivity contribution >= 4 is 22.9 Å². The largest absolute Gasteiger partial charge is 0.380 e. The highest BCUT2D eigenvalue weighted by Gasteiger charge is 2.38. The summed E-state index contributed by atoms with van der Waals surface area (Å²) in [6, 6.07) is 7.80. The number of aromatic nitrogens is 1. The minimum Gasteiger partial charge on any atom is -0.380 e. The lowest BCUT2D eigenvalue weighted by Crippen LogP contribution is -2.40. The van der Waals surface area contributed by atoms with E-state index in [0.717, 1.165) is 42.9 Å². The smallest absolute Gasteiger partial charge is 0.256 e. The predicted molar refractivity (Wildman–Crippen MR) is 95.8 cm³/mol. The minimum atomic E-state index is -1.20. The molecule has 0 bridgehead atoms. The van der Waals surface area contributed by atoms with Gasteiger partial charge in [0.05, 0.1) is 11.2 Å². The second-order valence-corrected chi connectivity index (χ2v) is 7.26. The molecule has 1 aliphatic carbocycles. The monoisotopic (exact) mass is 345 g/mol. The Labute approximate surface area is 146 Å². The molecule has 0 radical (unpaired) electrons. The highest BCUT2D eigenvalue weighted by atomic mass is 32.1. The second-order valence-electron chi connectivity index (χ2n) is 6.55. The Balaban J connectivity index is 1.60. The van der Waals surface area contributed by atoms with Crippen LogP contribution in [0.5, 0.6) is 0 Å². The highest BCUT2D eigenvalue weighted by Crippen LogP contribution is 2.30. The Morgan fingerprint density at radius 2 is 2.17 bits per heavy atom. The van der Waals surface area contributed by atoms with Gasteiger partial charge >= 0.3 is 0 Å². The van der Waals surface area contributed by atoms with E-state index in [1.165, 1.54) is 0 Å². The number of hydrogen-bond donors (Lipinski definition) is 2. The van der Waals surface area contributed by atoms with Crippen LogP contribution in [0.3, 0.4) is 0 Å². The van der Waals surface area contributed by atoms with Crippen molar-refractivity contribution in [2.45, 2.75) is 44.4 Å². The molecule has 2 N–H and O–H groups in total. The molecule has 2 aromatic rings. The Bertz CT molecular complexity index is 681. The van der Waals surface area contributed by atoms with E-state index in [0.29, 0.717) is 12.8 Å². The quantitative estimate of drug-likeness (QED) is 0.845. The number of carbonyl (C=O) groups excluding carboxylic acids is 1. The van der Waals surface area contributed by atoms with E-state index in [-0.39, 0.29) is 5.91 Å². The number of carbonyl (C=O) groups is 1. The Morgan fingerprint density at radius 3 is 2.88 bits per heavy atom. The molecule has 0 aliphatic heterocycles. The standard InChI is InChI=1S/C18H23N3O2S/c1-21(11-16-12-24-13-19-16)10-14-5-4-6-15(9-14)20-17(22)18(23)7-2-3-8-18/h4-6,9,12-13,23H,2-3,7-8,10-11H2,1H3,(H,20,22). The molecule has 1 fully saturated rings. The van der Waals surface area contributed by atoms with Gasteiger partial charge in [0.2, 0.25) is 0 Å². The van der Waals surface area contributed by atoms with Gasteiger partial charge in [-0.2, -0.15) is 0 Å². The van der Waals surface area contributed by atoms with Crippen LogP contribution in [-0.4, -0.2) is 33.5 Å². The van der Waals surface area contributed by atoms with Gasteiger partial charge in [0.1, 0.15) is 5.60 Å². The topological polar surface area (TPSA) is 65.5 Å². The number of aliphatic hydroxyl groups is 1. The number of nitrogens with one attached hydrogen (secondary N) is 1. The lowest BCUT2D eigenvalue weighted by molar-refractivity contribution is -0.133. The molecule has 0 saturated heterocycles. The van der Waals surface area contributed by atoms with E-state index in [4.69, 9.17) is 0 Å². The molecule has 0 spiro atoms. The Morgan fingerprint density at radius 1 is 1.38 bits per heavy atom. The number of amides is 1. The van der Waals surface area contributed by atoms with Crippen molar-refractivity contribution in [1.82, 2.24) is 9.88 Å². The maximum absolute atomic E-state index is 12.3. The molecular weight excluding hydrogens is 322 g/mol. The molecule has 1 aromatic carbocycles. The molecule has 1 aliphatic rings. The van der Waals surface area contributed by atoms with Crippen LogP contribution in [0, 0.1) is 0 Å². The third-order valence-corrected chi connectivity index (χ3v) is 5.04. The molecule has 128 valence electrons. The molecule has 3 rings (SSSR count). The van der Waals surface area contributed by atoms with Crippen LogP contribution in [0.15, 0.2) is 35.2 Å². The maximum atomic E-state index is 12.3. The van der Waals surface area contributed by atoms with Crippen molar-refractivity contribution in [2.24, 2.45) is 0 Å². The van der Waals surface area contributed by atoms with E-state index < -0.39 is 5.60 Å². The van der Waals surface area contributed by atoms with Crippen molar-refractivity contribution in [3.05, 3.63) is 46.4 Å². The van der Waals surface area contributed by atoms with E-state index >= 15 is 0 Å². The summed E-state index contributed by atoms with van der Waals surface area (Å²) < 4.78 is 0. The summed E-state index contributed by atoms with van der Waals surface area (Å²) in [5.41, 5.74) is 3.56. The van der Waals surface area contributed by atoms with Crippen molar-refractivity contribution in [1.29, 1.82) is 0 Å². The number of benzene rings is 1. The fourth-order valence-corrected chi connectivity index (χ4v) is 3.69. The number of thiazole rings is 1. The molecule has 0 atom stereocenters. The summed E-state index contributed by atoms with van der Waals surface area (Å²) >= 11 is 1.60. The van der Waals surface area contributed by atoms with Crippen molar-refractivity contribution < 1.29 is 9.90 Å². The van der Waals surface area contributed by atoms with Crippen LogP contribution in [0.4, 0.5) is 5.69 Å². The number of anilines is 1. The van der Waals surface area contributed by atoms with Gasteiger partial charge in [-0.1, -0.05) is 12.1 Å². The van der Waals surface area contributed by atoms with Gasteiger partial charge in [-0.3, -0.25) is 9.69 Å². The fraction of sp³-hybridized carbons (Fsp3) is 0.444. The Kier molecular flexibility index (Phi) is 5.28. The third kappa shape index (κ3) is 4.20. The van der Waals surface area contributed by atoms with Gasteiger partial charge in [0, 0.05) is 24.2 Å². The zero-order valence-corrected chi connectivity index (χ0v) is 14.7. The highest BCUT2D eigenvalue weighted by molar-refractivity contribution is 7.07. The normalized spacial score (nSPS) is 16.5. The van der Waals surface area contributed by atoms with E-state index in [1.54, 1.807) is 11.3 Å². The average molecular weight is 345 g/mol. The summed E-state index contributed by atoms with van der Waals surface area (Å²) in [6.07, 6.45) is 2.92. The summed E-state index contributed by atoms with van der Waals surface area (Å²) in [4.78, 5) is 18.8. The molecular formula is C18H23N3O2S. The summed E-state index contributed by atoms with van der Waals surface area (Å²) in [5.74, 6) is -0.284. The second kappa shape index (κ2) is 7.42. The first-order valence-electron chi connectivity index (χ1n) is 8.23. The van der Waals surface area contributed by atoms with E-state index in [2.05, 4.69) is 20.6 Å². The summed E-state index contributed by atoms with van der Waals surface area (Å²) in [7, 11) is 2.05. The predicted octanol–water partition coefficient (Wildman–Crippen LogP) is 3.02. The first-order valence-corrected chi connectivity index (χ1v) is 9.18. The summed E-state index contributed by atoms with van der Waals surface area (Å²) in [5, 5.41) is 15.3. The van der Waals surface area contributed by atoms with Crippen LogP contribution < -0.4 is 5.32 Å². The van der Waals surface area contributed by atoms with E-state index in [1.807, 2.05) is 36.8 Å². The van der Waals surface area contributed by atoms with Gasteiger partial charge in [0.25, 0.3) is 5.91 Å². The van der Waals surface area contributed by atoms with Gasteiger partial charge in [0.15, 0.2) is 0 Å². The molecule has 1 amide bonds. The first-order chi connectivity index (χ1) is 11.5. The van der Waals surface area contributed by atoms with E-state index in [9.17, 15) is 9.90 Å². The molecule has 6 heteroatoms. The van der Waals surface area contributed by atoms with Crippen molar-refractivity contribution in [3.8, 4) is 0 Å². The van der Waals surface area contributed by atoms with Gasteiger partial charge in [-0.25, -0.2) is 4.98 Å². The lowest BCUT2D eigenvalue weighted by Gasteiger charge is -2.21. The molecule has 0 unspecified atom stereocenters. The van der Waals surface area contributed by atoms with Gasteiger partial charge in [-0.15, -0.1) is 11.3 Å². The molecule has 1 aromatic heterocycles. The molecule has 24 heavy (non-hydrogen) atoms. The van der Waals surface area contributed by atoms with Crippen LogP contribution in [-0.2, 0) is 17.9 Å². The fourth-order valence-electron chi connectivity index (χ4n) is 3.14. The number of nitrogens with zero attached hydrogens (tertiary/aromatic N) is 2. The maximum Gasteiger partial charge on any atom is 0.256 e. The van der Waals surface area contributed by atoms with Crippen LogP contribution in [0.1, 0.15) is 36.9 Å².